The van der Waals surface area contributed by atoms with Crippen molar-refractivity contribution in [2.75, 3.05) is 19.7 Å². The van der Waals surface area contributed by atoms with E-state index in [1.807, 2.05) is 20.8 Å². The number of nitro benzene ring substituents is 1. The van der Waals surface area contributed by atoms with Crippen molar-refractivity contribution in [3.63, 3.8) is 0 Å². The molecule has 2 unspecified atom stereocenters. The van der Waals surface area contributed by atoms with Gasteiger partial charge in [0.15, 0.2) is 12.4 Å². The summed E-state index contributed by atoms with van der Waals surface area (Å²) in [5.41, 5.74) is 0.698. The van der Waals surface area contributed by atoms with E-state index in [2.05, 4.69) is 0 Å². The molecule has 7 nitrogen and oxygen atoms in total. The summed E-state index contributed by atoms with van der Waals surface area (Å²) in [5, 5.41) is 11.0. The fraction of sp³-hybridized carbons (Fsp3) is 0.533. The van der Waals surface area contributed by atoms with Crippen LogP contribution in [0.15, 0.2) is 18.2 Å². The van der Waals surface area contributed by atoms with E-state index in [-0.39, 0.29) is 36.2 Å². The number of ether oxygens (including phenoxy) is 2. The number of rotatable bonds is 4. The first-order chi connectivity index (χ1) is 10.4. The molecular formula is C15H20N2O5. The van der Waals surface area contributed by atoms with Gasteiger partial charge in [-0.3, -0.25) is 14.9 Å². The fourth-order valence-electron chi connectivity index (χ4n) is 2.50. The van der Waals surface area contributed by atoms with Gasteiger partial charge in [-0.2, -0.15) is 0 Å². The molecule has 1 aromatic carbocycles. The predicted octanol–water partition coefficient (Wildman–Crippen LogP) is 1.92. The summed E-state index contributed by atoms with van der Waals surface area (Å²) in [6.07, 6.45) is -0.0537. The summed E-state index contributed by atoms with van der Waals surface area (Å²) in [7, 11) is 0. The molecule has 0 aliphatic carbocycles. The maximum atomic E-state index is 12.2. The number of morpholine rings is 1. The minimum Gasteiger partial charge on any atom is -0.477 e. The highest BCUT2D eigenvalue weighted by molar-refractivity contribution is 5.78. The maximum Gasteiger partial charge on any atom is 0.310 e. The van der Waals surface area contributed by atoms with Crippen molar-refractivity contribution in [1.29, 1.82) is 0 Å². The average molecular weight is 308 g/mol. The lowest BCUT2D eigenvalue weighted by molar-refractivity contribution is -0.385. The molecule has 0 aromatic heterocycles. The molecule has 120 valence electrons. The molecule has 22 heavy (non-hydrogen) atoms. The van der Waals surface area contributed by atoms with E-state index in [1.54, 1.807) is 17.0 Å². The van der Waals surface area contributed by atoms with Crippen molar-refractivity contribution in [2.45, 2.75) is 33.0 Å². The van der Waals surface area contributed by atoms with Gasteiger partial charge in [0.25, 0.3) is 5.91 Å². The molecule has 0 spiro atoms. The molecule has 2 atom stereocenters. The zero-order valence-corrected chi connectivity index (χ0v) is 12.9. The van der Waals surface area contributed by atoms with Crippen LogP contribution in [0, 0.1) is 17.0 Å². The van der Waals surface area contributed by atoms with Gasteiger partial charge >= 0.3 is 5.69 Å². The van der Waals surface area contributed by atoms with Gasteiger partial charge in [-0.05, 0) is 32.4 Å². The summed E-state index contributed by atoms with van der Waals surface area (Å²) >= 11 is 0. The molecule has 1 aliphatic rings. The molecule has 0 saturated carbocycles. The Balaban J connectivity index is 2.02. The molecule has 7 heteroatoms. The van der Waals surface area contributed by atoms with Crippen LogP contribution in [0.4, 0.5) is 5.69 Å². The number of nitrogens with zero attached hydrogens (tertiary/aromatic N) is 2. The summed E-state index contributed by atoms with van der Waals surface area (Å²) in [5.74, 6) is -0.0782. The van der Waals surface area contributed by atoms with Crippen LogP contribution in [0.25, 0.3) is 0 Å². The average Bonchev–Trinajstić information content (AvgIpc) is 2.43. The smallest absolute Gasteiger partial charge is 0.310 e. The highest BCUT2D eigenvalue weighted by Crippen LogP contribution is 2.27. The van der Waals surface area contributed by atoms with Gasteiger partial charge in [-0.15, -0.1) is 0 Å². The molecule has 2 rings (SSSR count). The van der Waals surface area contributed by atoms with Gasteiger partial charge in [0, 0.05) is 19.2 Å². The van der Waals surface area contributed by atoms with Gasteiger partial charge in [-0.1, -0.05) is 6.07 Å². The lowest BCUT2D eigenvalue weighted by Crippen LogP contribution is -2.49. The van der Waals surface area contributed by atoms with E-state index in [1.165, 1.54) is 6.07 Å². The first kappa shape index (κ1) is 16.2. The van der Waals surface area contributed by atoms with E-state index in [0.29, 0.717) is 13.1 Å². The lowest BCUT2D eigenvalue weighted by Gasteiger charge is -2.35. The first-order valence-corrected chi connectivity index (χ1v) is 7.18. The van der Waals surface area contributed by atoms with Crippen LogP contribution in [0.1, 0.15) is 19.4 Å². The third-order valence-corrected chi connectivity index (χ3v) is 3.44. The van der Waals surface area contributed by atoms with Crippen molar-refractivity contribution in [3.05, 3.63) is 33.9 Å². The van der Waals surface area contributed by atoms with Crippen molar-refractivity contribution < 1.29 is 19.2 Å². The van der Waals surface area contributed by atoms with E-state index in [4.69, 9.17) is 9.47 Å². The maximum absolute atomic E-state index is 12.2. The van der Waals surface area contributed by atoms with Crippen LogP contribution in [0.5, 0.6) is 5.75 Å². The Hall–Kier alpha value is -2.15. The van der Waals surface area contributed by atoms with Gasteiger partial charge in [-0.25, -0.2) is 0 Å². The largest absolute Gasteiger partial charge is 0.477 e. The SMILES string of the molecule is Cc1ccc([N+](=O)[O-])c(OCC(=O)N2CC(C)OC(C)C2)c1. The van der Waals surface area contributed by atoms with Gasteiger partial charge in [0.2, 0.25) is 0 Å². The fourth-order valence-corrected chi connectivity index (χ4v) is 2.50. The molecule has 1 aliphatic heterocycles. The van der Waals surface area contributed by atoms with Crippen LogP contribution >= 0.6 is 0 Å². The third kappa shape index (κ3) is 3.94. The molecule has 0 radical (unpaired) electrons. The second-order valence-corrected chi connectivity index (χ2v) is 5.57. The molecule has 1 aromatic rings. The Morgan fingerprint density at radius 1 is 1.41 bits per heavy atom. The number of hydrogen-bond acceptors (Lipinski definition) is 5. The summed E-state index contributed by atoms with van der Waals surface area (Å²) in [6, 6.07) is 4.59. The number of aryl methyl sites for hydroxylation is 1. The molecule has 1 fully saturated rings. The minimum atomic E-state index is -0.516. The van der Waals surface area contributed by atoms with Gasteiger partial charge < -0.3 is 14.4 Å². The monoisotopic (exact) mass is 308 g/mol. The predicted molar refractivity (Wildman–Crippen MR) is 79.9 cm³/mol. The number of amides is 1. The first-order valence-electron chi connectivity index (χ1n) is 7.18. The van der Waals surface area contributed by atoms with Crippen LogP contribution in [-0.4, -0.2) is 47.6 Å². The van der Waals surface area contributed by atoms with E-state index in [9.17, 15) is 14.9 Å². The van der Waals surface area contributed by atoms with Crippen LogP contribution in [0.3, 0.4) is 0 Å². The molecular weight excluding hydrogens is 288 g/mol. The van der Waals surface area contributed by atoms with Crippen LogP contribution in [0.2, 0.25) is 0 Å². The van der Waals surface area contributed by atoms with E-state index in [0.717, 1.165) is 5.56 Å². The molecule has 1 saturated heterocycles. The van der Waals surface area contributed by atoms with Crippen LogP contribution < -0.4 is 4.74 Å². The molecule has 1 heterocycles. The van der Waals surface area contributed by atoms with Gasteiger partial charge in [0.1, 0.15) is 0 Å². The van der Waals surface area contributed by atoms with E-state index < -0.39 is 4.92 Å². The lowest BCUT2D eigenvalue weighted by atomic mass is 10.2. The highest BCUT2D eigenvalue weighted by atomic mass is 16.6. The Kier molecular flexibility index (Phi) is 4.97. The number of carbonyl (C=O) groups is 1. The Morgan fingerprint density at radius 2 is 2.05 bits per heavy atom. The second kappa shape index (κ2) is 6.74. The topological polar surface area (TPSA) is 81.9 Å². The number of hydrogen-bond donors (Lipinski definition) is 0. The zero-order chi connectivity index (χ0) is 16.3. The molecule has 0 bridgehead atoms. The Labute approximate surface area is 129 Å². The van der Waals surface area contributed by atoms with Gasteiger partial charge in [0.05, 0.1) is 17.1 Å². The number of carbonyl (C=O) groups excluding carboxylic acids is 1. The number of nitro groups is 1. The van der Waals surface area contributed by atoms with Crippen molar-refractivity contribution in [3.8, 4) is 5.75 Å². The summed E-state index contributed by atoms with van der Waals surface area (Å²) < 4.78 is 11.0. The number of benzene rings is 1. The highest BCUT2D eigenvalue weighted by Gasteiger charge is 2.26. The Bertz CT molecular complexity index is 565. The summed E-state index contributed by atoms with van der Waals surface area (Å²) in [6.45, 7) is 6.41. The van der Waals surface area contributed by atoms with E-state index >= 15 is 0 Å². The third-order valence-electron chi connectivity index (χ3n) is 3.44. The van der Waals surface area contributed by atoms with Crippen molar-refractivity contribution in [1.82, 2.24) is 4.90 Å². The van der Waals surface area contributed by atoms with Crippen LogP contribution in [-0.2, 0) is 9.53 Å². The Morgan fingerprint density at radius 3 is 2.64 bits per heavy atom. The minimum absolute atomic E-state index is 0.0268. The normalized spacial score (nSPS) is 21.5. The quantitative estimate of drug-likeness (QED) is 0.627. The standard InChI is InChI=1S/C15H20N2O5/c1-10-4-5-13(17(19)20)14(6-10)21-9-15(18)16-7-11(2)22-12(3)8-16/h4-6,11-12H,7-9H2,1-3H3. The van der Waals surface area contributed by atoms with Crippen molar-refractivity contribution in [2.24, 2.45) is 0 Å². The molecule has 0 N–H and O–H groups in total. The zero-order valence-electron chi connectivity index (χ0n) is 12.9. The molecule has 1 amide bonds. The summed E-state index contributed by atoms with van der Waals surface area (Å²) in [4.78, 5) is 24.3. The van der Waals surface area contributed by atoms with Crippen molar-refractivity contribution >= 4 is 11.6 Å². The second-order valence-electron chi connectivity index (χ2n) is 5.57.